The van der Waals surface area contributed by atoms with Crippen LogP contribution in [0, 0.1) is 20.8 Å². The highest BCUT2D eigenvalue weighted by atomic mass is 31.1. The van der Waals surface area contributed by atoms with Crippen molar-refractivity contribution in [3.8, 4) is 0 Å². The van der Waals surface area contributed by atoms with E-state index >= 15 is 0 Å². The first kappa shape index (κ1) is 24.0. The third kappa shape index (κ3) is 6.19. The first-order chi connectivity index (χ1) is 15.9. The second-order valence-corrected chi connectivity index (χ2v) is 9.28. The van der Waals surface area contributed by atoms with Gasteiger partial charge in [0.1, 0.15) is 0 Å². The normalized spacial score (nSPS) is 10.6. The lowest BCUT2D eigenvalue weighted by molar-refractivity contribution is 0.103. The number of aryl methyl sites for hydroxylation is 3. The summed E-state index contributed by atoms with van der Waals surface area (Å²) in [6, 6.07) is 31.4. The third-order valence-corrected chi connectivity index (χ3v) is 6.50. The molecule has 0 spiro atoms. The van der Waals surface area contributed by atoms with Gasteiger partial charge in [0.05, 0.1) is 0 Å². The smallest absolute Gasteiger partial charge is 0.247 e. The molecule has 33 heavy (non-hydrogen) atoms. The van der Waals surface area contributed by atoms with Crippen molar-refractivity contribution < 1.29 is 14.2 Å². The molecular weight excluding hydrogens is 427 g/mol. The van der Waals surface area contributed by atoms with Gasteiger partial charge in [-0.25, -0.2) is 0 Å². The number of rotatable bonds is 5. The molecule has 3 nitrogen and oxygen atoms in total. The van der Waals surface area contributed by atoms with Crippen LogP contribution >= 0.6 is 7.80 Å². The molecule has 0 aliphatic heterocycles. The van der Waals surface area contributed by atoms with Gasteiger partial charge in [-0.2, -0.15) is 0 Å². The zero-order chi connectivity index (χ0) is 23.8. The Labute approximate surface area is 195 Å². The van der Waals surface area contributed by atoms with Crippen molar-refractivity contribution in [2.75, 3.05) is 0 Å². The van der Waals surface area contributed by atoms with Crippen molar-refractivity contribution in [1.82, 2.24) is 0 Å². The molecule has 1 atom stereocenters. The average Bonchev–Trinajstić information content (AvgIpc) is 2.84. The van der Waals surface area contributed by atoms with E-state index in [1.807, 2.05) is 99.6 Å². The summed E-state index contributed by atoms with van der Waals surface area (Å²) >= 11 is 0. The van der Waals surface area contributed by atoms with Crippen LogP contribution in [-0.2, 0) is 4.57 Å². The monoisotopic (exact) mass is 453 g/mol. The van der Waals surface area contributed by atoms with Gasteiger partial charge in [0.25, 0.3) is 0 Å². The maximum absolute atomic E-state index is 12.4. The summed E-state index contributed by atoms with van der Waals surface area (Å²) in [5.74, 6) is 0.0752. The highest BCUT2D eigenvalue weighted by Crippen LogP contribution is 2.30. The Morgan fingerprint density at radius 3 is 1.42 bits per heavy atom. The lowest BCUT2D eigenvalue weighted by Crippen LogP contribution is -2.07. The minimum Gasteiger partial charge on any atom is -0.289 e. The molecule has 165 valence electrons. The first-order valence-electron chi connectivity index (χ1n) is 10.7. The lowest BCUT2D eigenvalue weighted by Gasteiger charge is -2.09. The zero-order valence-electron chi connectivity index (χ0n) is 19.0. The standard InChI is InChI=1S/C16H16O2P.C13H10O/c1-11-9-12(2)15(13(3)10-11)16(17)19(18)14-7-5-4-6-8-14;14-13(11-7-3-1-4-8-11)12-9-5-2-6-10-12/h4-10H,1-3H3;1-10H. The van der Waals surface area contributed by atoms with Gasteiger partial charge in [0.15, 0.2) is 13.6 Å². The number of hydrogen-bond acceptors (Lipinski definition) is 3. The molecule has 0 bridgehead atoms. The number of carbonyl (C=O) groups excluding carboxylic acids is 2. The van der Waals surface area contributed by atoms with E-state index < -0.39 is 7.80 Å². The second-order valence-electron chi connectivity index (χ2n) is 7.77. The largest absolute Gasteiger partial charge is 0.289 e. The lowest BCUT2D eigenvalue weighted by atomic mass is 10.0. The maximum atomic E-state index is 12.4. The molecule has 1 radical (unpaired) electrons. The minimum atomic E-state index is -2.04. The fourth-order valence-electron chi connectivity index (χ4n) is 3.65. The maximum Gasteiger partial charge on any atom is 0.247 e. The number of carbonyl (C=O) groups is 2. The molecule has 0 aromatic heterocycles. The Bertz CT molecular complexity index is 1200. The highest BCUT2D eigenvalue weighted by molar-refractivity contribution is 7.71. The molecule has 4 rings (SSSR count). The molecule has 0 heterocycles. The van der Waals surface area contributed by atoms with Gasteiger partial charge >= 0.3 is 0 Å². The summed E-state index contributed by atoms with van der Waals surface area (Å²) < 4.78 is 12.3. The molecular formula is C29H26O3P. The number of hydrogen-bond donors (Lipinski definition) is 0. The summed E-state index contributed by atoms with van der Waals surface area (Å²) in [7, 11) is -2.04. The van der Waals surface area contributed by atoms with Crippen LogP contribution in [0.25, 0.3) is 0 Å². The number of benzene rings is 4. The van der Waals surface area contributed by atoms with E-state index in [9.17, 15) is 14.2 Å². The van der Waals surface area contributed by atoms with Crippen LogP contribution in [0.15, 0.2) is 103 Å². The van der Waals surface area contributed by atoms with Gasteiger partial charge in [-0.3, -0.25) is 14.2 Å². The first-order valence-corrected chi connectivity index (χ1v) is 11.9. The highest BCUT2D eigenvalue weighted by Gasteiger charge is 2.21. The summed E-state index contributed by atoms with van der Waals surface area (Å²) in [4.78, 5) is 24.3. The predicted molar refractivity (Wildman–Crippen MR) is 135 cm³/mol. The average molecular weight is 453 g/mol. The van der Waals surface area contributed by atoms with Crippen molar-refractivity contribution in [2.45, 2.75) is 20.8 Å². The van der Waals surface area contributed by atoms with Crippen LogP contribution in [0.2, 0.25) is 0 Å². The van der Waals surface area contributed by atoms with Gasteiger partial charge < -0.3 is 0 Å². The predicted octanol–water partition coefficient (Wildman–Crippen LogP) is 6.82. The summed E-state index contributed by atoms with van der Waals surface area (Å²) in [6.07, 6.45) is 0. The van der Waals surface area contributed by atoms with Gasteiger partial charge in [-0.15, -0.1) is 0 Å². The van der Waals surface area contributed by atoms with Gasteiger partial charge in [-0.05, 0) is 44.0 Å². The minimum absolute atomic E-state index is 0.0752. The van der Waals surface area contributed by atoms with E-state index in [-0.39, 0.29) is 11.3 Å². The van der Waals surface area contributed by atoms with Gasteiger partial charge in [0.2, 0.25) is 5.52 Å². The Kier molecular flexibility index (Phi) is 8.18. The summed E-state index contributed by atoms with van der Waals surface area (Å²) in [6.45, 7) is 5.77. The van der Waals surface area contributed by atoms with Crippen LogP contribution in [0.1, 0.15) is 43.0 Å². The van der Waals surface area contributed by atoms with Crippen LogP contribution < -0.4 is 5.30 Å². The van der Waals surface area contributed by atoms with Crippen molar-refractivity contribution >= 4 is 24.4 Å². The molecule has 0 amide bonds. The zero-order valence-corrected chi connectivity index (χ0v) is 19.9. The molecule has 4 aromatic carbocycles. The molecule has 0 fully saturated rings. The SMILES string of the molecule is Cc1cc(C)c(C(=O)[P](=O)c2ccccc2)c(C)c1.O=C(c1ccccc1)c1ccccc1. The van der Waals surface area contributed by atoms with E-state index in [1.165, 1.54) is 0 Å². The topological polar surface area (TPSA) is 51.2 Å². The number of ketones is 1. The molecule has 0 saturated carbocycles. The van der Waals surface area contributed by atoms with Gasteiger partial charge in [0, 0.05) is 22.0 Å². The fraction of sp³-hybridized carbons (Fsp3) is 0.103. The fourth-order valence-corrected chi connectivity index (χ4v) is 4.88. The van der Waals surface area contributed by atoms with E-state index in [2.05, 4.69) is 0 Å². The molecule has 0 N–H and O–H groups in total. The van der Waals surface area contributed by atoms with Crippen molar-refractivity contribution in [1.29, 1.82) is 0 Å². The summed E-state index contributed by atoms with van der Waals surface area (Å²) in [5.41, 5.74) is 4.68. The van der Waals surface area contributed by atoms with E-state index in [4.69, 9.17) is 0 Å². The van der Waals surface area contributed by atoms with Crippen LogP contribution in [0.4, 0.5) is 0 Å². The third-order valence-electron chi connectivity index (χ3n) is 5.14. The van der Waals surface area contributed by atoms with Crippen LogP contribution in [0.5, 0.6) is 0 Å². The van der Waals surface area contributed by atoms with Crippen LogP contribution in [-0.4, -0.2) is 11.3 Å². The van der Waals surface area contributed by atoms with E-state index in [0.29, 0.717) is 10.9 Å². The quantitative estimate of drug-likeness (QED) is 0.246. The Balaban J connectivity index is 0.000000194. The van der Waals surface area contributed by atoms with Crippen molar-refractivity contribution in [2.24, 2.45) is 0 Å². The molecule has 0 saturated heterocycles. The Morgan fingerprint density at radius 2 is 1.00 bits per heavy atom. The summed E-state index contributed by atoms with van der Waals surface area (Å²) in [5, 5.41) is 0.585. The molecule has 4 heteroatoms. The molecule has 4 aromatic rings. The van der Waals surface area contributed by atoms with Crippen LogP contribution in [0.3, 0.4) is 0 Å². The molecule has 1 unspecified atom stereocenters. The second kappa shape index (κ2) is 11.3. The molecule has 0 aliphatic rings. The Hall–Kier alpha value is -3.68. The van der Waals surface area contributed by atoms with Crippen molar-refractivity contribution in [3.05, 3.63) is 137 Å². The van der Waals surface area contributed by atoms with E-state index in [1.54, 1.807) is 24.3 Å². The Morgan fingerprint density at radius 1 is 0.606 bits per heavy atom. The van der Waals surface area contributed by atoms with Crippen molar-refractivity contribution in [3.63, 3.8) is 0 Å². The van der Waals surface area contributed by atoms with E-state index in [0.717, 1.165) is 27.8 Å². The van der Waals surface area contributed by atoms with Gasteiger partial charge in [-0.1, -0.05) is 96.6 Å². The molecule has 0 aliphatic carbocycles.